The Balaban J connectivity index is 1.67. The Hall–Kier alpha value is -4.30. The summed E-state index contributed by atoms with van der Waals surface area (Å²) in [5, 5.41) is 16.0. The average Bonchev–Trinajstić information content (AvgIpc) is 3.34. The molecule has 0 unspecified atom stereocenters. The molecule has 7 nitrogen and oxygen atoms in total. The molecule has 2 heterocycles. The van der Waals surface area contributed by atoms with Crippen molar-refractivity contribution in [3.8, 4) is 11.1 Å². The van der Waals surface area contributed by atoms with Crippen molar-refractivity contribution in [3.63, 3.8) is 0 Å². The van der Waals surface area contributed by atoms with Crippen LogP contribution in [0, 0.1) is 5.82 Å². The molecule has 1 amide bonds. The summed E-state index contributed by atoms with van der Waals surface area (Å²) in [5.74, 6) is -1.87. The number of hydrogen-bond acceptors (Lipinski definition) is 4. The van der Waals surface area contributed by atoms with E-state index in [0.717, 1.165) is 10.9 Å². The van der Waals surface area contributed by atoms with Gasteiger partial charge in [0.1, 0.15) is 5.82 Å². The summed E-state index contributed by atoms with van der Waals surface area (Å²) in [4.78, 5) is 40.6. The molecule has 1 aliphatic heterocycles. The smallest absolute Gasteiger partial charge is 0.303 e. The zero-order valence-corrected chi connectivity index (χ0v) is 20.9. The number of nitrogens with one attached hydrogen (secondary N) is 1. The monoisotopic (exact) mass is 531 g/mol. The highest BCUT2D eigenvalue weighted by Crippen LogP contribution is 2.38. The quantitative estimate of drug-likeness (QED) is 0.309. The topological polar surface area (TPSA) is 103 Å². The SMILES string of the molecule is O=C(O)CCCC(=O)N1N=C(c2c(-c3ccccc3)c3cc(Cl)ccc3[nH]c2=O)C[C@H]1c1cccc(F)c1. The molecular weight excluding hydrogens is 509 g/mol. The Labute approximate surface area is 222 Å². The van der Waals surface area contributed by atoms with Crippen LogP contribution in [0.25, 0.3) is 22.0 Å². The Morgan fingerprint density at radius 2 is 1.82 bits per heavy atom. The number of carbonyl (C=O) groups is 2. The summed E-state index contributed by atoms with van der Waals surface area (Å²) in [7, 11) is 0. The van der Waals surface area contributed by atoms with Gasteiger partial charge in [0.25, 0.3) is 5.56 Å². The minimum absolute atomic E-state index is 0.0515. The van der Waals surface area contributed by atoms with E-state index < -0.39 is 23.7 Å². The molecule has 0 saturated heterocycles. The van der Waals surface area contributed by atoms with Crippen LogP contribution in [0.1, 0.15) is 42.9 Å². The maximum atomic E-state index is 14.1. The summed E-state index contributed by atoms with van der Waals surface area (Å²) in [6.07, 6.45) is 0.0903. The fourth-order valence-corrected chi connectivity index (χ4v) is 4.99. The number of fused-ring (bicyclic) bond motifs is 1. The van der Waals surface area contributed by atoms with Gasteiger partial charge in [-0.2, -0.15) is 5.10 Å². The number of rotatable bonds is 7. The van der Waals surface area contributed by atoms with Crippen LogP contribution in [0.2, 0.25) is 5.02 Å². The summed E-state index contributed by atoms with van der Waals surface area (Å²) in [5.41, 5.74) is 2.82. The fourth-order valence-electron chi connectivity index (χ4n) is 4.82. The molecule has 2 N–H and O–H groups in total. The fraction of sp³-hybridized carbons (Fsp3) is 0.172. The van der Waals surface area contributed by atoms with Gasteiger partial charge in [-0.15, -0.1) is 0 Å². The van der Waals surface area contributed by atoms with Crippen LogP contribution in [0.3, 0.4) is 0 Å². The van der Waals surface area contributed by atoms with Crippen molar-refractivity contribution in [2.75, 3.05) is 0 Å². The summed E-state index contributed by atoms with van der Waals surface area (Å²) < 4.78 is 14.1. The number of aromatic amines is 1. The summed E-state index contributed by atoms with van der Waals surface area (Å²) >= 11 is 6.33. The van der Waals surface area contributed by atoms with Crippen LogP contribution in [-0.2, 0) is 9.59 Å². The van der Waals surface area contributed by atoms with E-state index >= 15 is 0 Å². The van der Waals surface area contributed by atoms with E-state index in [-0.39, 0.29) is 31.2 Å². The molecule has 1 atom stereocenters. The molecular formula is C29H23ClFN3O4. The number of hydrogen-bond donors (Lipinski definition) is 2. The van der Waals surface area contributed by atoms with Gasteiger partial charge in [0.2, 0.25) is 5.91 Å². The highest BCUT2D eigenvalue weighted by atomic mass is 35.5. The number of carboxylic acids is 1. The second-order valence-corrected chi connectivity index (χ2v) is 9.50. The third-order valence-corrected chi connectivity index (χ3v) is 6.74. The zero-order chi connectivity index (χ0) is 26.8. The van der Waals surface area contributed by atoms with Gasteiger partial charge in [0, 0.05) is 40.8 Å². The third-order valence-electron chi connectivity index (χ3n) is 6.51. The van der Waals surface area contributed by atoms with Gasteiger partial charge in [0.05, 0.1) is 17.3 Å². The first-order valence-corrected chi connectivity index (χ1v) is 12.5. The number of carboxylic acid groups (broad SMARTS) is 1. The molecule has 3 aromatic carbocycles. The number of halogens is 2. The maximum absolute atomic E-state index is 14.1. The maximum Gasteiger partial charge on any atom is 0.303 e. The molecule has 0 spiro atoms. The van der Waals surface area contributed by atoms with Crippen LogP contribution in [0.4, 0.5) is 4.39 Å². The van der Waals surface area contributed by atoms with Crippen molar-refractivity contribution in [2.45, 2.75) is 31.7 Å². The lowest BCUT2D eigenvalue weighted by Gasteiger charge is -2.22. The molecule has 0 bridgehead atoms. The van der Waals surface area contributed by atoms with Crippen molar-refractivity contribution < 1.29 is 19.1 Å². The van der Waals surface area contributed by atoms with Crippen LogP contribution in [-0.4, -0.2) is 32.7 Å². The molecule has 0 saturated carbocycles. The van der Waals surface area contributed by atoms with E-state index in [9.17, 15) is 18.8 Å². The van der Waals surface area contributed by atoms with Gasteiger partial charge < -0.3 is 10.1 Å². The number of hydrazone groups is 1. The first-order chi connectivity index (χ1) is 18.3. The molecule has 0 aliphatic carbocycles. The van der Waals surface area contributed by atoms with E-state index in [0.29, 0.717) is 32.9 Å². The molecule has 192 valence electrons. The van der Waals surface area contributed by atoms with Crippen molar-refractivity contribution in [2.24, 2.45) is 5.10 Å². The number of H-pyrrole nitrogens is 1. The van der Waals surface area contributed by atoms with Crippen molar-refractivity contribution in [1.82, 2.24) is 9.99 Å². The lowest BCUT2D eigenvalue weighted by Crippen LogP contribution is -2.27. The Morgan fingerprint density at radius 3 is 2.55 bits per heavy atom. The molecule has 0 radical (unpaired) electrons. The second-order valence-electron chi connectivity index (χ2n) is 9.07. The summed E-state index contributed by atoms with van der Waals surface area (Å²) in [6.45, 7) is 0. The molecule has 0 fully saturated rings. The van der Waals surface area contributed by atoms with E-state index in [4.69, 9.17) is 16.7 Å². The van der Waals surface area contributed by atoms with Crippen LogP contribution in [0.15, 0.2) is 82.7 Å². The van der Waals surface area contributed by atoms with Gasteiger partial charge in [0.15, 0.2) is 0 Å². The molecule has 1 aromatic heterocycles. The highest BCUT2D eigenvalue weighted by Gasteiger charge is 2.35. The van der Waals surface area contributed by atoms with Crippen molar-refractivity contribution >= 4 is 40.1 Å². The first-order valence-electron chi connectivity index (χ1n) is 12.1. The number of aromatic nitrogens is 1. The van der Waals surface area contributed by atoms with Gasteiger partial charge in [-0.05, 0) is 47.9 Å². The molecule has 4 aromatic rings. The van der Waals surface area contributed by atoms with Crippen molar-refractivity contribution in [3.05, 3.63) is 105 Å². The average molecular weight is 532 g/mol. The van der Waals surface area contributed by atoms with Crippen LogP contribution < -0.4 is 5.56 Å². The van der Waals surface area contributed by atoms with Gasteiger partial charge in [-0.3, -0.25) is 14.4 Å². The second kappa shape index (κ2) is 10.6. The lowest BCUT2D eigenvalue weighted by atomic mass is 9.91. The van der Waals surface area contributed by atoms with Gasteiger partial charge >= 0.3 is 5.97 Å². The Bertz CT molecular complexity index is 1630. The van der Waals surface area contributed by atoms with Gasteiger partial charge in [-0.1, -0.05) is 54.1 Å². The van der Waals surface area contributed by atoms with Crippen molar-refractivity contribution in [1.29, 1.82) is 0 Å². The Morgan fingerprint density at radius 1 is 1.03 bits per heavy atom. The number of nitrogens with zero attached hydrogens (tertiary/aromatic N) is 2. The highest BCUT2D eigenvalue weighted by molar-refractivity contribution is 6.31. The zero-order valence-electron chi connectivity index (χ0n) is 20.2. The third kappa shape index (κ3) is 5.08. The molecule has 1 aliphatic rings. The lowest BCUT2D eigenvalue weighted by molar-refractivity contribution is -0.137. The number of amides is 1. The summed E-state index contributed by atoms with van der Waals surface area (Å²) in [6, 6.07) is 19.8. The van der Waals surface area contributed by atoms with E-state index in [2.05, 4.69) is 10.1 Å². The minimum Gasteiger partial charge on any atom is -0.481 e. The largest absolute Gasteiger partial charge is 0.481 e. The Kier molecular flexibility index (Phi) is 7.07. The molecule has 5 rings (SSSR count). The van der Waals surface area contributed by atoms with E-state index in [1.807, 2.05) is 30.3 Å². The number of carbonyl (C=O) groups excluding carboxylic acids is 1. The molecule has 9 heteroatoms. The molecule has 38 heavy (non-hydrogen) atoms. The van der Waals surface area contributed by atoms with E-state index in [1.165, 1.54) is 17.1 Å². The van der Waals surface area contributed by atoms with E-state index in [1.54, 1.807) is 30.3 Å². The normalized spacial score (nSPS) is 15.1. The van der Waals surface area contributed by atoms with Gasteiger partial charge in [-0.25, -0.2) is 9.40 Å². The number of aliphatic carboxylic acids is 1. The van der Waals surface area contributed by atoms with Crippen LogP contribution in [0.5, 0.6) is 0 Å². The first kappa shape index (κ1) is 25.4. The number of pyridine rings is 1. The predicted molar refractivity (Wildman–Crippen MR) is 144 cm³/mol. The number of benzene rings is 3. The van der Waals surface area contributed by atoms with Crippen LogP contribution >= 0.6 is 11.6 Å². The minimum atomic E-state index is -1.00. The predicted octanol–water partition coefficient (Wildman–Crippen LogP) is 5.92. The standard InChI is InChI=1S/C29H23ClFN3O4/c30-19-12-13-22-21(15-19)27(17-6-2-1-3-7-17)28(29(38)32-22)23-16-24(18-8-4-9-20(31)14-18)34(33-23)25(35)10-5-11-26(36)37/h1-4,6-9,12-15,24H,5,10-11,16H2,(H,32,38)(H,36,37)/t24-/m0/s1.